The molecular weight excluding hydrogens is 230 g/mol. The van der Waals surface area contributed by atoms with Crippen molar-refractivity contribution in [1.82, 2.24) is 15.4 Å². The molecule has 0 aromatic carbocycles. The third-order valence-corrected chi connectivity index (χ3v) is 2.57. The molecule has 1 aromatic heterocycles. The molecule has 0 fully saturated rings. The Balaban J connectivity index is 2.29. The van der Waals surface area contributed by atoms with Gasteiger partial charge in [0.15, 0.2) is 5.76 Å². The van der Waals surface area contributed by atoms with Gasteiger partial charge in [0.05, 0.1) is 18.8 Å². The molecule has 0 amide bonds. The van der Waals surface area contributed by atoms with Gasteiger partial charge in [0.2, 0.25) is 0 Å². The molecule has 0 aliphatic carbocycles. The first-order chi connectivity index (χ1) is 8.61. The summed E-state index contributed by atoms with van der Waals surface area (Å²) in [6.45, 7) is 8.52. The van der Waals surface area contributed by atoms with Crippen LogP contribution in [0.1, 0.15) is 25.3 Å². The number of methoxy groups -OCH3 is 1. The normalized spacial score (nSPS) is 11.7. The maximum absolute atomic E-state index is 5.30. The summed E-state index contributed by atoms with van der Waals surface area (Å²) in [4.78, 5) is 2.15. The van der Waals surface area contributed by atoms with Gasteiger partial charge in [-0.1, -0.05) is 19.0 Å². The van der Waals surface area contributed by atoms with Crippen molar-refractivity contribution in [2.24, 2.45) is 5.92 Å². The minimum Gasteiger partial charge on any atom is -0.383 e. The van der Waals surface area contributed by atoms with Crippen molar-refractivity contribution in [3.8, 4) is 0 Å². The van der Waals surface area contributed by atoms with Crippen LogP contribution in [0.3, 0.4) is 0 Å². The number of hydrogen-bond donors (Lipinski definition) is 1. The van der Waals surface area contributed by atoms with Crippen molar-refractivity contribution in [2.45, 2.75) is 26.9 Å². The molecule has 0 saturated carbocycles. The molecule has 0 saturated heterocycles. The van der Waals surface area contributed by atoms with Crippen molar-refractivity contribution in [1.29, 1.82) is 0 Å². The van der Waals surface area contributed by atoms with Crippen molar-refractivity contribution in [3.63, 3.8) is 0 Å². The van der Waals surface area contributed by atoms with Crippen LogP contribution >= 0.6 is 0 Å². The van der Waals surface area contributed by atoms with Crippen LogP contribution in [0.5, 0.6) is 0 Å². The molecule has 0 bridgehead atoms. The Morgan fingerprint density at radius 3 is 2.94 bits per heavy atom. The summed E-state index contributed by atoms with van der Waals surface area (Å²) in [5.74, 6) is 1.55. The molecule has 0 spiro atoms. The summed E-state index contributed by atoms with van der Waals surface area (Å²) >= 11 is 0. The van der Waals surface area contributed by atoms with E-state index in [1.807, 2.05) is 13.1 Å². The number of rotatable bonds is 9. The quantitative estimate of drug-likeness (QED) is 0.724. The van der Waals surface area contributed by atoms with E-state index in [0.717, 1.165) is 44.2 Å². The molecule has 1 aromatic rings. The van der Waals surface area contributed by atoms with Gasteiger partial charge in [0.25, 0.3) is 0 Å². The van der Waals surface area contributed by atoms with Gasteiger partial charge in [0.1, 0.15) is 0 Å². The maximum Gasteiger partial charge on any atom is 0.151 e. The lowest BCUT2D eigenvalue weighted by molar-refractivity contribution is 0.153. The number of aromatic nitrogens is 1. The Labute approximate surface area is 109 Å². The van der Waals surface area contributed by atoms with E-state index in [0.29, 0.717) is 5.92 Å². The summed E-state index contributed by atoms with van der Waals surface area (Å²) in [7, 11) is 3.75. The van der Waals surface area contributed by atoms with Crippen LogP contribution in [0.2, 0.25) is 0 Å². The first kappa shape index (κ1) is 15.1. The molecule has 0 aliphatic rings. The van der Waals surface area contributed by atoms with Gasteiger partial charge in [-0.3, -0.25) is 4.90 Å². The molecule has 1 heterocycles. The van der Waals surface area contributed by atoms with Crippen molar-refractivity contribution in [2.75, 3.05) is 33.9 Å². The highest BCUT2D eigenvalue weighted by Crippen LogP contribution is 2.06. The molecule has 18 heavy (non-hydrogen) atoms. The van der Waals surface area contributed by atoms with Crippen LogP contribution < -0.4 is 5.32 Å². The lowest BCUT2D eigenvalue weighted by atomic mass is 10.2. The van der Waals surface area contributed by atoms with Crippen molar-refractivity contribution >= 4 is 0 Å². The van der Waals surface area contributed by atoms with E-state index in [1.165, 1.54) is 0 Å². The first-order valence-electron chi connectivity index (χ1n) is 6.44. The topological polar surface area (TPSA) is 50.5 Å². The van der Waals surface area contributed by atoms with Gasteiger partial charge in [-0.25, -0.2) is 0 Å². The van der Waals surface area contributed by atoms with Gasteiger partial charge >= 0.3 is 0 Å². The lowest BCUT2D eigenvalue weighted by Crippen LogP contribution is -2.22. The SMILES string of the molecule is COCCN(C)Cc1cc(CNCC(C)C)no1. The van der Waals surface area contributed by atoms with Crippen molar-refractivity contribution < 1.29 is 9.26 Å². The minimum absolute atomic E-state index is 0.650. The van der Waals surface area contributed by atoms with Gasteiger partial charge < -0.3 is 14.6 Å². The molecule has 1 N–H and O–H groups in total. The van der Waals surface area contributed by atoms with E-state index in [1.54, 1.807) is 7.11 Å². The number of nitrogens with one attached hydrogen (secondary N) is 1. The zero-order chi connectivity index (χ0) is 13.4. The average Bonchev–Trinajstić information content (AvgIpc) is 2.73. The molecule has 0 radical (unpaired) electrons. The zero-order valence-electron chi connectivity index (χ0n) is 11.9. The van der Waals surface area contributed by atoms with Gasteiger partial charge in [-0.15, -0.1) is 0 Å². The summed E-state index contributed by atoms with van der Waals surface area (Å²) in [5, 5.41) is 7.40. The van der Waals surface area contributed by atoms with Crippen LogP contribution in [-0.4, -0.2) is 43.9 Å². The van der Waals surface area contributed by atoms with Crippen LogP contribution in [0.25, 0.3) is 0 Å². The Morgan fingerprint density at radius 1 is 1.50 bits per heavy atom. The minimum atomic E-state index is 0.650. The van der Waals surface area contributed by atoms with Crippen LogP contribution in [0.15, 0.2) is 10.6 Å². The van der Waals surface area contributed by atoms with E-state index < -0.39 is 0 Å². The fourth-order valence-electron chi connectivity index (χ4n) is 1.59. The third kappa shape index (κ3) is 6.14. The summed E-state index contributed by atoms with van der Waals surface area (Å²) in [5.41, 5.74) is 0.964. The highest BCUT2D eigenvalue weighted by Gasteiger charge is 2.07. The molecule has 0 unspecified atom stereocenters. The smallest absolute Gasteiger partial charge is 0.151 e. The number of nitrogens with zero attached hydrogens (tertiary/aromatic N) is 2. The second-order valence-corrected chi connectivity index (χ2v) is 5.04. The average molecular weight is 255 g/mol. The summed E-state index contributed by atoms with van der Waals surface area (Å²) < 4.78 is 10.3. The van der Waals surface area contributed by atoms with Crippen LogP contribution in [-0.2, 0) is 17.8 Å². The Hall–Kier alpha value is -0.910. The number of likely N-dealkylation sites (N-methyl/N-ethyl adjacent to an activating group) is 1. The second kappa shape index (κ2) is 8.24. The largest absolute Gasteiger partial charge is 0.383 e. The van der Waals surface area contributed by atoms with Crippen LogP contribution in [0.4, 0.5) is 0 Å². The first-order valence-corrected chi connectivity index (χ1v) is 6.44. The second-order valence-electron chi connectivity index (χ2n) is 5.04. The molecule has 0 aliphatic heterocycles. The molecule has 1 rings (SSSR count). The number of hydrogen-bond acceptors (Lipinski definition) is 5. The molecule has 5 nitrogen and oxygen atoms in total. The highest BCUT2D eigenvalue weighted by molar-refractivity contribution is 5.04. The fraction of sp³-hybridized carbons (Fsp3) is 0.769. The monoisotopic (exact) mass is 255 g/mol. The van der Waals surface area contributed by atoms with Gasteiger partial charge in [0, 0.05) is 26.3 Å². The van der Waals surface area contributed by atoms with E-state index >= 15 is 0 Å². The predicted molar refractivity (Wildman–Crippen MR) is 71.3 cm³/mol. The summed E-state index contributed by atoms with van der Waals surface area (Å²) in [6.07, 6.45) is 0. The Kier molecular flexibility index (Phi) is 6.93. The molecular formula is C13H25N3O2. The molecule has 0 atom stereocenters. The Bertz CT molecular complexity index is 326. The predicted octanol–water partition coefficient (Wildman–Crippen LogP) is 1.50. The summed E-state index contributed by atoms with van der Waals surface area (Å²) in [6, 6.07) is 2.01. The van der Waals surface area contributed by atoms with Gasteiger partial charge in [-0.05, 0) is 19.5 Å². The van der Waals surface area contributed by atoms with Crippen LogP contribution in [0, 0.1) is 5.92 Å². The standard InChI is InChI=1S/C13H25N3O2/c1-11(2)8-14-9-12-7-13(18-15-12)10-16(3)5-6-17-4/h7,11,14H,5-6,8-10H2,1-4H3. The highest BCUT2D eigenvalue weighted by atomic mass is 16.5. The Morgan fingerprint density at radius 2 is 2.28 bits per heavy atom. The maximum atomic E-state index is 5.30. The van der Waals surface area contributed by atoms with Crippen molar-refractivity contribution in [3.05, 3.63) is 17.5 Å². The third-order valence-electron chi connectivity index (χ3n) is 2.57. The fourth-order valence-corrected chi connectivity index (χ4v) is 1.59. The number of ether oxygens (including phenoxy) is 1. The molecule has 5 heteroatoms. The lowest BCUT2D eigenvalue weighted by Gasteiger charge is -2.13. The van der Waals surface area contributed by atoms with E-state index in [9.17, 15) is 0 Å². The molecule has 104 valence electrons. The van der Waals surface area contributed by atoms with E-state index in [-0.39, 0.29) is 0 Å². The van der Waals surface area contributed by atoms with E-state index in [2.05, 4.69) is 29.2 Å². The van der Waals surface area contributed by atoms with E-state index in [4.69, 9.17) is 9.26 Å². The zero-order valence-corrected chi connectivity index (χ0v) is 11.9. The van der Waals surface area contributed by atoms with Gasteiger partial charge in [-0.2, -0.15) is 0 Å².